The van der Waals surface area contributed by atoms with Gasteiger partial charge in [-0.25, -0.2) is 4.79 Å². The van der Waals surface area contributed by atoms with E-state index < -0.39 is 11.5 Å². The highest BCUT2D eigenvalue weighted by molar-refractivity contribution is 5.77. The number of nitrogens with one attached hydrogen (secondary N) is 2. The van der Waals surface area contributed by atoms with Crippen LogP contribution in [0.4, 0.5) is 4.79 Å². The fourth-order valence-corrected chi connectivity index (χ4v) is 2.10. The Morgan fingerprint density at radius 2 is 2.22 bits per heavy atom. The van der Waals surface area contributed by atoms with Crippen LogP contribution in [-0.2, 0) is 11.3 Å². The molecular weight excluding hydrogens is 236 g/mol. The Hall–Kier alpha value is -1.98. The van der Waals surface area contributed by atoms with Gasteiger partial charge in [-0.05, 0) is 25.3 Å². The molecule has 2 rings (SSSR count). The van der Waals surface area contributed by atoms with Crippen LogP contribution in [0, 0.1) is 0 Å². The third-order valence-corrected chi connectivity index (χ3v) is 3.21. The molecule has 3 N–H and O–H groups in total. The minimum Gasteiger partial charge on any atom is -0.481 e. The summed E-state index contributed by atoms with van der Waals surface area (Å²) in [5, 5.41) is 14.3. The van der Waals surface area contributed by atoms with Crippen LogP contribution < -0.4 is 10.6 Å². The molecule has 0 saturated heterocycles. The summed E-state index contributed by atoms with van der Waals surface area (Å²) in [5.74, 6) is -0.884. The molecule has 18 heavy (non-hydrogen) atoms. The third-order valence-electron chi connectivity index (χ3n) is 3.21. The van der Waals surface area contributed by atoms with Crippen molar-refractivity contribution >= 4 is 12.0 Å². The molecule has 0 atom stereocenters. The number of carboxylic acid groups (broad SMARTS) is 1. The lowest BCUT2D eigenvalue weighted by Crippen LogP contribution is -2.57. The molecule has 1 aromatic rings. The highest BCUT2D eigenvalue weighted by Gasteiger charge is 2.40. The normalized spacial score (nSPS) is 16.7. The summed E-state index contributed by atoms with van der Waals surface area (Å²) in [6.45, 7) is 0.367. The number of aliphatic carboxylic acids is 1. The van der Waals surface area contributed by atoms with Crippen molar-refractivity contribution in [3.8, 4) is 0 Å². The average molecular weight is 252 g/mol. The summed E-state index contributed by atoms with van der Waals surface area (Å²) in [4.78, 5) is 22.4. The predicted molar refractivity (Wildman–Crippen MR) is 62.9 cm³/mol. The molecule has 6 nitrogen and oxygen atoms in total. The maximum absolute atomic E-state index is 11.7. The summed E-state index contributed by atoms with van der Waals surface area (Å²) < 4.78 is 4.88. The van der Waals surface area contributed by atoms with E-state index >= 15 is 0 Å². The van der Waals surface area contributed by atoms with E-state index in [0.717, 1.165) is 24.8 Å². The number of furan rings is 1. The lowest BCUT2D eigenvalue weighted by Gasteiger charge is -2.41. The Morgan fingerprint density at radius 1 is 1.44 bits per heavy atom. The topological polar surface area (TPSA) is 91.6 Å². The molecule has 1 aromatic heterocycles. The van der Waals surface area contributed by atoms with E-state index in [9.17, 15) is 9.59 Å². The zero-order valence-corrected chi connectivity index (χ0v) is 9.94. The summed E-state index contributed by atoms with van der Waals surface area (Å²) in [6.07, 6.45) is 5.46. The molecule has 1 aliphatic carbocycles. The van der Waals surface area contributed by atoms with E-state index in [0.29, 0.717) is 6.54 Å². The van der Waals surface area contributed by atoms with Gasteiger partial charge in [0.2, 0.25) is 0 Å². The maximum Gasteiger partial charge on any atom is 0.315 e. The van der Waals surface area contributed by atoms with E-state index in [4.69, 9.17) is 9.52 Å². The molecule has 0 unspecified atom stereocenters. The summed E-state index contributed by atoms with van der Waals surface area (Å²) in [6, 6.07) is 1.42. The number of carbonyl (C=O) groups is 2. The van der Waals surface area contributed by atoms with Crippen molar-refractivity contribution < 1.29 is 19.1 Å². The lowest BCUT2D eigenvalue weighted by atomic mass is 9.74. The second-order valence-corrected chi connectivity index (χ2v) is 4.64. The molecule has 0 spiro atoms. The molecule has 0 bridgehead atoms. The van der Waals surface area contributed by atoms with Crippen molar-refractivity contribution in [2.75, 3.05) is 0 Å². The number of carbonyl (C=O) groups excluding carboxylic acids is 1. The van der Waals surface area contributed by atoms with E-state index in [-0.39, 0.29) is 12.5 Å². The van der Waals surface area contributed by atoms with Gasteiger partial charge in [0.05, 0.1) is 24.5 Å². The minimum atomic E-state index is -0.884. The third kappa shape index (κ3) is 3.03. The van der Waals surface area contributed by atoms with Crippen LogP contribution >= 0.6 is 0 Å². The van der Waals surface area contributed by atoms with Crippen molar-refractivity contribution in [1.82, 2.24) is 10.6 Å². The van der Waals surface area contributed by atoms with Gasteiger partial charge in [-0.3, -0.25) is 4.79 Å². The first-order valence-corrected chi connectivity index (χ1v) is 5.89. The van der Waals surface area contributed by atoms with Gasteiger partial charge in [-0.15, -0.1) is 0 Å². The monoisotopic (exact) mass is 252 g/mol. The highest BCUT2D eigenvalue weighted by atomic mass is 16.4. The van der Waals surface area contributed by atoms with Gasteiger partial charge in [0.1, 0.15) is 0 Å². The van der Waals surface area contributed by atoms with Crippen LogP contribution in [0.5, 0.6) is 0 Å². The number of amides is 2. The number of hydrogen-bond donors (Lipinski definition) is 3. The van der Waals surface area contributed by atoms with E-state index in [1.165, 1.54) is 6.26 Å². The van der Waals surface area contributed by atoms with Crippen LogP contribution in [0.25, 0.3) is 0 Å². The van der Waals surface area contributed by atoms with Crippen LogP contribution in [0.15, 0.2) is 23.0 Å². The zero-order chi connectivity index (χ0) is 13.0. The van der Waals surface area contributed by atoms with Gasteiger partial charge in [-0.1, -0.05) is 0 Å². The Bertz CT molecular complexity index is 423. The zero-order valence-electron chi connectivity index (χ0n) is 9.94. The van der Waals surface area contributed by atoms with Gasteiger partial charge in [0.15, 0.2) is 0 Å². The Labute approximate surface area is 104 Å². The van der Waals surface area contributed by atoms with E-state index in [1.54, 1.807) is 12.3 Å². The number of rotatable bonds is 5. The minimum absolute atomic E-state index is 0.0217. The molecular formula is C12H16N2O4. The molecule has 1 heterocycles. The van der Waals surface area contributed by atoms with Gasteiger partial charge in [-0.2, -0.15) is 0 Å². The van der Waals surface area contributed by atoms with Crippen LogP contribution in [0.1, 0.15) is 31.2 Å². The Morgan fingerprint density at radius 3 is 2.72 bits per heavy atom. The van der Waals surface area contributed by atoms with Crippen molar-refractivity contribution in [3.63, 3.8) is 0 Å². The first-order chi connectivity index (χ1) is 8.60. The second kappa shape index (κ2) is 5.12. The first-order valence-electron chi connectivity index (χ1n) is 5.89. The largest absolute Gasteiger partial charge is 0.481 e. The van der Waals surface area contributed by atoms with E-state index in [1.807, 2.05) is 0 Å². The van der Waals surface area contributed by atoms with Crippen molar-refractivity contribution in [3.05, 3.63) is 24.2 Å². The molecule has 1 fully saturated rings. The average Bonchev–Trinajstić information content (AvgIpc) is 2.75. The summed E-state index contributed by atoms with van der Waals surface area (Å²) in [5.41, 5.74) is 0.304. The van der Waals surface area contributed by atoms with Crippen LogP contribution in [-0.4, -0.2) is 22.6 Å². The standard InChI is InChI=1S/C12H16N2O4/c15-10(16)6-12(3-1-4-12)14-11(17)13-7-9-2-5-18-8-9/h2,5,8H,1,3-4,6-7H2,(H,15,16)(H2,13,14,17). The number of carboxylic acids is 1. The van der Waals surface area contributed by atoms with Crippen molar-refractivity contribution in [2.45, 2.75) is 37.8 Å². The van der Waals surface area contributed by atoms with Crippen molar-refractivity contribution in [2.24, 2.45) is 0 Å². The fraction of sp³-hybridized carbons (Fsp3) is 0.500. The molecule has 2 amide bonds. The Balaban J connectivity index is 1.80. The lowest BCUT2D eigenvalue weighted by molar-refractivity contribution is -0.139. The second-order valence-electron chi connectivity index (χ2n) is 4.64. The first kappa shape index (κ1) is 12.5. The SMILES string of the molecule is O=C(O)CC1(NC(=O)NCc2ccoc2)CCC1. The predicted octanol–water partition coefficient (Wildman–Crippen LogP) is 1.48. The number of hydrogen-bond acceptors (Lipinski definition) is 3. The summed E-state index contributed by atoms with van der Waals surface area (Å²) >= 11 is 0. The molecule has 98 valence electrons. The molecule has 0 radical (unpaired) electrons. The van der Waals surface area contributed by atoms with Crippen LogP contribution in [0.2, 0.25) is 0 Å². The van der Waals surface area contributed by atoms with Gasteiger partial charge >= 0.3 is 12.0 Å². The molecule has 0 aromatic carbocycles. The van der Waals surface area contributed by atoms with Gasteiger partial charge in [0.25, 0.3) is 0 Å². The highest BCUT2D eigenvalue weighted by Crippen LogP contribution is 2.34. The Kier molecular flexibility index (Phi) is 3.55. The number of urea groups is 1. The van der Waals surface area contributed by atoms with Crippen LogP contribution in [0.3, 0.4) is 0 Å². The fourth-order valence-electron chi connectivity index (χ4n) is 2.10. The molecule has 1 saturated carbocycles. The summed E-state index contributed by atoms with van der Waals surface area (Å²) in [7, 11) is 0. The molecule has 1 aliphatic rings. The van der Waals surface area contributed by atoms with Crippen molar-refractivity contribution in [1.29, 1.82) is 0 Å². The maximum atomic E-state index is 11.7. The smallest absolute Gasteiger partial charge is 0.315 e. The van der Waals surface area contributed by atoms with Gasteiger partial charge in [0, 0.05) is 12.1 Å². The van der Waals surface area contributed by atoms with Gasteiger partial charge < -0.3 is 20.2 Å². The van der Waals surface area contributed by atoms with E-state index in [2.05, 4.69) is 10.6 Å². The molecule has 6 heteroatoms. The molecule has 0 aliphatic heterocycles. The quantitative estimate of drug-likeness (QED) is 0.740.